The summed E-state index contributed by atoms with van der Waals surface area (Å²) in [5.74, 6) is 0. The van der Waals surface area contributed by atoms with E-state index in [-0.39, 0.29) is 5.60 Å². The van der Waals surface area contributed by atoms with Crippen molar-refractivity contribution in [3.05, 3.63) is 35.4 Å². The first kappa shape index (κ1) is 17.2. The molecule has 0 unspecified atom stereocenters. The van der Waals surface area contributed by atoms with Crippen molar-refractivity contribution < 1.29 is 9.47 Å². The Labute approximate surface area is 123 Å². The first-order valence-corrected chi connectivity index (χ1v) is 7.51. The smallest absolute Gasteiger partial charge is 0.0718 e. The molecule has 0 heterocycles. The monoisotopic (exact) mass is 279 g/mol. The van der Waals surface area contributed by atoms with Gasteiger partial charge in [0, 0.05) is 6.54 Å². The van der Waals surface area contributed by atoms with E-state index in [1.54, 1.807) is 0 Å². The molecule has 0 aliphatic carbocycles. The molecule has 114 valence electrons. The van der Waals surface area contributed by atoms with E-state index in [4.69, 9.17) is 9.47 Å². The maximum absolute atomic E-state index is 5.61. The van der Waals surface area contributed by atoms with Crippen molar-refractivity contribution in [3.8, 4) is 0 Å². The van der Waals surface area contributed by atoms with Crippen molar-refractivity contribution in [2.75, 3.05) is 19.8 Å². The lowest BCUT2D eigenvalue weighted by molar-refractivity contribution is -0.0376. The highest BCUT2D eigenvalue weighted by Crippen LogP contribution is 2.08. The molecule has 1 N–H and O–H groups in total. The van der Waals surface area contributed by atoms with E-state index in [1.807, 2.05) is 0 Å². The minimum absolute atomic E-state index is 0.0868. The van der Waals surface area contributed by atoms with Gasteiger partial charge in [0.1, 0.15) is 0 Å². The van der Waals surface area contributed by atoms with Gasteiger partial charge in [-0.15, -0.1) is 0 Å². The summed E-state index contributed by atoms with van der Waals surface area (Å²) < 4.78 is 11.2. The molecule has 0 spiro atoms. The molecule has 0 aliphatic rings. The fraction of sp³-hybridized carbons (Fsp3) is 0.647. The van der Waals surface area contributed by atoms with Gasteiger partial charge in [-0.25, -0.2) is 0 Å². The minimum Gasteiger partial charge on any atom is -0.374 e. The molecule has 3 heteroatoms. The summed E-state index contributed by atoms with van der Waals surface area (Å²) in [6.45, 7) is 12.3. The van der Waals surface area contributed by atoms with Crippen LogP contribution in [-0.4, -0.2) is 25.4 Å². The van der Waals surface area contributed by atoms with Gasteiger partial charge in [-0.1, -0.05) is 31.2 Å². The van der Waals surface area contributed by atoms with Gasteiger partial charge < -0.3 is 14.8 Å². The fourth-order valence-corrected chi connectivity index (χ4v) is 1.76. The lowest BCUT2D eigenvalue weighted by Gasteiger charge is -2.19. The third-order valence-electron chi connectivity index (χ3n) is 2.81. The SMILES string of the molecule is CCCNCc1ccc(COCCOC(C)(C)C)cc1. The van der Waals surface area contributed by atoms with Gasteiger partial charge in [0.05, 0.1) is 25.4 Å². The summed E-state index contributed by atoms with van der Waals surface area (Å²) in [7, 11) is 0. The maximum Gasteiger partial charge on any atom is 0.0718 e. The molecule has 0 aliphatic heterocycles. The summed E-state index contributed by atoms with van der Waals surface area (Å²) in [5, 5.41) is 3.40. The van der Waals surface area contributed by atoms with Crippen LogP contribution in [0, 0.1) is 0 Å². The number of benzene rings is 1. The molecular formula is C17H29NO2. The van der Waals surface area contributed by atoms with Crippen LogP contribution in [0.1, 0.15) is 45.2 Å². The van der Waals surface area contributed by atoms with Crippen LogP contribution >= 0.6 is 0 Å². The van der Waals surface area contributed by atoms with Gasteiger partial charge >= 0.3 is 0 Å². The molecule has 0 amide bonds. The zero-order valence-corrected chi connectivity index (χ0v) is 13.4. The number of hydrogen-bond acceptors (Lipinski definition) is 3. The maximum atomic E-state index is 5.61. The van der Waals surface area contributed by atoms with Crippen molar-refractivity contribution in [1.29, 1.82) is 0 Å². The van der Waals surface area contributed by atoms with Crippen LogP contribution in [0.3, 0.4) is 0 Å². The van der Waals surface area contributed by atoms with Crippen molar-refractivity contribution in [1.82, 2.24) is 5.32 Å². The third kappa shape index (κ3) is 8.31. The Morgan fingerprint density at radius 3 is 2.25 bits per heavy atom. The lowest BCUT2D eigenvalue weighted by atomic mass is 10.1. The Bertz CT molecular complexity index is 354. The van der Waals surface area contributed by atoms with Crippen molar-refractivity contribution >= 4 is 0 Å². The summed E-state index contributed by atoms with van der Waals surface area (Å²) in [5.41, 5.74) is 2.44. The standard InChI is InChI=1S/C17H29NO2/c1-5-10-18-13-15-6-8-16(9-7-15)14-19-11-12-20-17(2,3)4/h6-9,18H,5,10-14H2,1-4H3. The minimum atomic E-state index is -0.0868. The van der Waals surface area contributed by atoms with E-state index >= 15 is 0 Å². The third-order valence-corrected chi connectivity index (χ3v) is 2.81. The molecule has 0 saturated carbocycles. The Balaban J connectivity index is 2.18. The molecule has 0 atom stereocenters. The molecule has 1 aromatic rings. The van der Waals surface area contributed by atoms with E-state index in [0.717, 1.165) is 13.1 Å². The fourth-order valence-electron chi connectivity index (χ4n) is 1.76. The van der Waals surface area contributed by atoms with Gasteiger partial charge in [-0.3, -0.25) is 0 Å². The van der Waals surface area contributed by atoms with E-state index in [0.29, 0.717) is 19.8 Å². The average molecular weight is 279 g/mol. The molecule has 0 radical (unpaired) electrons. The molecule has 3 nitrogen and oxygen atoms in total. The second kappa shape index (κ2) is 9.11. The Kier molecular flexibility index (Phi) is 7.82. The van der Waals surface area contributed by atoms with Crippen LogP contribution in [0.5, 0.6) is 0 Å². The largest absolute Gasteiger partial charge is 0.374 e. The Morgan fingerprint density at radius 1 is 1.00 bits per heavy atom. The highest BCUT2D eigenvalue weighted by atomic mass is 16.5. The summed E-state index contributed by atoms with van der Waals surface area (Å²) in [4.78, 5) is 0. The van der Waals surface area contributed by atoms with Gasteiger partial charge in [0.15, 0.2) is 0 Å². The van der Waals surface area contributed by atoms with E-state index in [2.05, 4.69) is 57.3 Å². The lowest BCUT2D eigenvalue weighted by Crippen LogP contribution is -2.21. The highest BCUT2D eigenvalue weighted by molar-refractivity contribution is 5.21. The van der Waals surface area contributed by atoms with Gasteiger partial charge in [-0.05, 0) is 44.9 Å². The van der Waals surface area contributed by atoms with Crippen LogP contribution in [0.4, 0.5) is 0 Å². The second-order valence-electron chi connectivity index (χ2n) is 6.01. The molecule has 1 aromatic carbocycles. The van der Waals surface area contributed by atoms with Gasteiger partial charge in [0.25, 0.3) is 0 Å². The van der Waals surface area contributed by atoms with Crippen molar-refractivity contribution in [2.45, 2.75) is 52.9 Å². The van der Waals surface area contributed by atoms with Crippen LogP contribution in [-0.2, 0) is 22.6 Å². The van der Waals surface area contributed by atoms with Gasteiger partial charge in [-0.2, -0.15) is 0 Å². The average Bonchev–Trinajstić information content (AvgIpc) is 2.39. The van der Waals surface area contributed by atoms with Crippen LogP contribution in [0.2, 0.25) is 0 Å². The number of rotatable bonds is 9. The van der Waals surface area contributed by atoms with Crippen molar-refractivity contribution in [2.24, 2.45) is 0 Å². The first-order valence-electron chi connectivity index (χ1n) is 7.51. The molecule has 0 saturated heterocycles. The number of ether oxygens (including phenoxy) is 2. The van der Waals surface area contributed by atoms with E-state index in [9.17, 15) is 0 Å². The number of nitrogens with one attached hydrogen (secondary N) is 1. The second-order valence-corrected chi connectivity index (χ2v) is 6.01. The predicted molar refractivity (Wildman–Crippen MR) is 83.8 cm³/mol. The van der Waals surface area contributed by atoms with E-state index < -0.39 is 0 Å². The Hall–Kier alpha value is -0.900. The van der Waals surface area contributed by atoms with Crippen LogP contribution in [0.25, 0.3) is 0 Å². The summed E-state index contributed by atoms with van der Waals surface area (Å²) in [6, 6.07) is 8.58. The molecule has 0 bridgehead atoms. The molecular weight excluding hydrogens is 250 g/mol. The Morgan fingerprint density at radius 2 is 1.65 bits per heavy atom. The molecule has 0 fully saturated rings. The zero-order valence-electron chi connectivity index (χ0n) is 13.4. The zero-order chi connectivity index (χ0) is 14.8. The quantitative estimate of drug-likeness (QED) is 0.702. The van der Waals surface area contributed by atoms with E-state index in [1.165, 1.54) is 17.5 Å². The first-order chi connectivity index (χ1) is 9.51. The molecule has 20 heavy (non-hydrogen) atoms. The highest BCUT2D eigenvalue weighted by Gasteiger charge is 2.08. The van der Waals surface area contributed by atoms with Crippen LogP contribution < -0.4 is 5.32 Å². The molecule has 1 rings (SSSR count). The molecule has 0 aromatic heterocycles. The predicted octanol–water partition coefficient (Wildman–Crippen LogP) is 3.52. The van der Waals surface area contributed by atoms with Crippen molar-refractivity contribution in [3.63, 3.8) is 0 Å². The number of hydrogen-bond donors (Lipinski definition) is 1. The van der Waals surface area contributed by atoms with Crippen LogP contribution in [0.15, 0.2) is 24.3 Å². The summed E-state index contributed by atoms with van der Waals surface area (Å²) in [6.07, 6.45) is 1.17. The normalized spacial score (nSPS) is 11.8. The topological polar surface area (TPSA) is 30.5 Å². The summed E-state index contributed by atoms with van der Waals surface area (Å²) >= 11 is 0. The van der Waals surface area contributed by atoms with Gasteiger partial charge in [0.2, 0.25) is 0 Å².